The molecule has 0 radical (unpaired) electrons. The highest BCUT2D eigenvalue weighted by molar-refractivity contribution is 5.93. The molecule has 2 aromatic rings. The van der Waals surface area contributed by atoms with E-state index in [4.69, 9.17) is 4.74 Å². The molecule has 2 heterocycles. The molecule has 1 saturated heterocycles. The number of carbonyl (C=O) groups is 1. The van der Waals surface area contributed by atoms with Crippen LogP contribution in [0.15, 0.2) is 24.3 Å². The lowest BCUT2D eigenvalue weighted by molar-refractivity contribution is -0.119. The van der Waals surface area contributed by atoms with Crippen molar-refractivity contribution >= 4 is 11.9 Å². The monoisotopic (exact) mass is 375 g/mol. The van der Waals surface area contributed by atoms with Gasteiger partial charge in [-0.2, -0.15) is 4.98 Å². The molecule has 7 nitrogen and oxygen atoms in total. The molecule has 8 heteroatoms. The lowest BCUT2D eigenvalue weighted by atomic mass is 10.00. The molecule has 3 N–H and O–H groups in total. The van der Waals surface area contributed by atoms with E-state index in [0.29, 0.717) is 25.5 Å². The highest BCUT2D eigenvalue weighted by atomic mass is 19.1. The predicted molar refractivity (Wildman–Crippen MR) is 99.8 cm³/mol. The van der Waals surface area contributed by atoms with Crippen LogP contribution in [0, 0.1) is 11.7 Å². The fraction of sp³-hybridized carbons (Fsp3) is 0.526. The van der Waals surface area contributed by atoms with Crippen molar-refractivity contribution in [3.63, 3.8) is 0 Å². The topological polar surface area (TPSA) is 91.9 Å². The Hall–Kier alpha value is -2.32. The molecule has 0 saturated carbocycles. The van der Waals surface area contributed by atoms with Gasteiger partial charge < -0.3 is 10.1 Å². The van der Waals surface area contributed by atoms with Crippen LogP contribution in [-0.4, -0.2) is 46.4 Å². The lowest BCUT2D eigenvalue weighted by Gasteiger charge is -2.29. The second-order valence-electron chi connectivity index (χ2n) is 7.18. The van der Waals surface area contributed by atoms with Crippen LogP contribution in [0.5, 0.6) is 0 Å². The fourth-order valence-corrected chi connectivity index (χ4v) is 3.15. The highest BCUT2D eigenvalue weighted by Gasteiger charge is 2.27. The number of amides is 1. The van der Waals surface area contributed by atoms with E-state index < -0.39 is 0 Å². The third-order valence-electron chi connectivity index (χ3n) is 4.61. The molecule has 1 aromatic carbocycles. The smallest absolute Gasteiger partial charge is 0.248 e. The summed E-state index contributed by atoms with van der Waals surface area (Å²) in [5.41, 5.74) is 0.783. The van der Waals surface area contributed by atoms with Gasteiger partial charge in [0.05, 0.1) is 6.04 Å². The van der Waals surface area contributed by atoms with Gasteiger partial charge in [-0.25, -0.2) is 4.39 Å². The minimum Gasteiger partial charge on any atom is -0.381 e. The molecule has 146 valence electrons. The average molecular weight is 375 g/mol. The second kappa shape index (κ2) is 9.05. The number of H-pyrrole nitrogens is 1. The van der Waals surface area contributed by atoms with Gasteiger partial charge in [-0.05, 0) is 36.5 Å². The zero-order valence-corrected chi connectivity index (χ0v) is 15.7. The summed E-state index contributed by atoms with van der Waals surface area (Å²) in [6.07, 6.45) is 2.21. The molecule has 0 spiro atoms. The van der Waals surface area contributed by atoms with E-state index >= 15 is 0 Å². The van der Waals surface area contributed by atoms with Gasteiger partial charge in [0.15, 0.2) is 0 Å². The minimum atomic E-state index is -0.335. The Morgan fingerprint density at radius 2 is 2.15 bits per heavy atom. The Morgan fingerprint density at radius 3 is 2.85 bits per heavy atom. The summed E-state index contributed by atoms with van der Waals surface area (Å²) in [5.74, 6) is 0.464. The number of aromatic nitrogens is 3. The Labute approximate surface area is 158 Å². The van der Waals surface area contributed by atoms with Gasteiger partial charge >= 0.3 is 0 Å². The number of carbonyl (C=O) groups excluding carboxylic acids is 1. The maximum Gasteiger partial charge on any atom is 0.248 e. The van der Waals surface area contributed by atoms with Crippen molar-refractivity contribution in [1.29, 1.82) is 0 Å². The third-order valence-corrected chi connectivity index (χ3v) is 4.61. The number of anilines is 1. The second-order valence-corrected chi connectivity index (χ2v) is 7.18. The number of nitrogens with zero attached hydrogens (tertiary/aromatic N) is 2. The number of rotatable bonds is 7. The van der Waals surface area contributed by atoms with E-state index in [1.165, 1.54) is 12.1 Å². The SMILES string of the molecule is CC(C)C(NC1CCOCC1)C(=O)Nc1n[nH]c(Cc2cccc(F)c2)n1. The third kappa shape index (κ3) is 5.58. The summed E-state index contributed by atoms with van der Waals surface area (Å²) in [5, 5.41) is 13.0. The van der Waals surface area contributed by atoms with Crippen LogP contribution in [-0.2, 0) is 16.0 Å². The Morgan fingerprint density at radius 1 is 1.37 bits per heavy atom. The quantitative estimate of drug-likeness (QED) is 0.690. The Kier molecular flexibility index (Phi) is 6.52. The summed E-state index contributed by atoms with van der Waals surface area (Å²) in [6, 6.07) is 6.25. The average Bonchev–Trinajstić information content (AvgIpc) is 3.07. The Balaban J connectivity index is 1.59. The number of aromatic amines is 1. The normalized spacial score (nSPS) is 16.4. The summed E-state index contributed by atoms with van der Waals surface area (Å²) < 4.78 is 18.7. The number of hydrogen-bond acceptors (Lipinski definition) is 5. The van der Waals surface area contributed by atoms with Gasteiger partial charge in [0.2, 0.25) is 11.9 Å². The molecule has 1 aromatic heterocycles. The van der Waals surface area contributed by atoms with Crippen LogP contribution in [0.1, 0.15) is 38.1 Å². The number of benzene rings is 1. The van der Waals surface area contributed by atoms with Crippen molar-refractivity contribution < 1.29 is 13.9 Å². The van der Waals surface area contributed by atoms with Gasteiger partial charge in [-0.3, -0.25) is 15.2 Å². The number of nitrogens with one attached hydrogen (secondary N) is 3. The first-order valence-electron chi connectivity index (χ1n) is 9.31. The molecule has 1 aliphatic heterocycles. The summed E-state index contributed by atoms with van der Waals surface area (Å²) in [4.78, 5) is 17.0. The van der Waals surface area contributed by atoms with Gasteiger partial charge in [-0.1, -0.05) is 26.0 Å². The number of halogens is 1. The highest BCUT2D eigenvalue weighted by Crippen LogP contribution is 2.13. The van der Waals surface area contributed by atoms with Crippen LogP contribution in [0.4, 0.5) is 10.3 Å². The molecule has 0 bridgehead atoms. The van der Waals surface area contributed by atoms with E-state index in [9.17, 15) is 9.18 Å². The van der Waals surface area contributed by atoms with E-state index in [-0.39, 0.29) is 35.7 Å². The van der Waals surface area contributed by atoms with Gasteiger partial charge in [0, 0.05) is 25.7 Å². The van der Waals surface area contributed by atoms with E-state index in [1.807, 2.05) is 19.9 Å². The zero-order chi connectivity index (χ0) is 19.2. The molecular formula is C19H26FN5O2. The fourth-order valence-electron chi connectivity index (χ4n) is 3.15. The number of hydrogen-bond donors (Lipinski definition) is 3. The number of ether oxygens (including phenoxy) is 1. The molecule has 1 unspecified atom stereocenters. The van der Waals surface area contributed by atoms with Crippen LogP contribution >= 0.6 is 0 Å². The van der Waals surface area contributed by atoms with Crippen LogP contribution in [0.3, 0.4) is 0 Å². The van der Waals surface area contributed by atoms with E-state index in [1.54, 1.807) is 6.07 Å². The van der Waals surface area contributed by atoms with Crippen LogP contribution < -0.4 is 10.6 Å². The predicted octanol–water partition coefficient (Wildman–Crippen LogP) is 2.27. The molecule has 1 atom stereocenters. The first-order chi connectivity index (χ1) is 13.0. The zero-order valence-electron chi connectivity index (χ0n) is 15.7. The molecule has 0 aliphatic carbocycles. The molecule has 3 rings (SSSR count). The standard InChI is InChI=1S/C19H26FN5O2/c1-12(2)17(21-15-6-8-27-9-7-15)18(26)23-19-22-16(24-25-19)11-13-4-3-5-14(20)10-13/h3-5,10,12,15,17,21H,6-9,11H2,1-2H3,(H2,22,23,24,25,26). The first-order valence-corrected chi connectivity index (χ1v) is 9.31. The van der Waals surface area contributed by atoms with Crippen molar-refractivity contribution in [2.75, 3.05) is 18.5 Å². The van der Waals surface area contributed by atoms with E-state index in [0.717, 1.165) is 18.4 Å². The van der Waals surface area contributed by atoms with Gasteiger partial charge in [0.1, 0.15) is 11.6 Å². The minimum absolute atomic E-state index is 0.124. The van der Waals surface area contributed by atoms with Gasteiger partial charge in [-0.15, -0.1) is 5.10 Å². The lowest BCUT2D eigenvalue weighted by Crippen LogP contribution is -2.50. The van der Waals surface area contributed by atoms with Crippen molar-refractivity contribution in [2.45, 2.75) is 45.2 Å². The molecule has 1 amide bonds. The van der Waals surface area contributed by atoms with Crippen LogP contribution in [0.2, 0.25) is 0 Å². The molecule has 27 heavy (non-hydrogen) atoms. The maximum atomic E-state index is 13.3. The molecule has 1 fully saturated rings. The maximum absolute atomic E-state index is 13.3. The van der Waals surface area contributed by atoms with Gasteiger partial charge in [0.25, 0.3) is 0 Å². The van der Waals surface area contributed by atoms with Crippen molar-refractivity contribution in [1.82, 2.24) is 20.5 Å². The molecular weight excluding hydrogens is 349 g/mol. The van der Waals surface area contributed by atoms with Crippen LogP contribution in [0.25, 0.3) is 0 Å². The largest absolute Gasteiger partial charge is 0.381 e. The Bertz CT molecular complexity index is 758. The molecule has 1 aliphatic rings. The first kappa shape index (κ1) is 19.4. The summed E-state index contributed by atoms with van der Waals surface area (Å²) in [7, 11) is 0. The van der Waals surface area contributed by atoms with Crippen molar-refractivity contribution in [3.8, 4) is 0 Å². The van der Waals surface area contributed by atoms with E-state index in [2.05, 4.69) is 25.8 Å². The summed E-state index contributed by atoms with van der Waals surface area (Å²) >= 11 is 0. The van der Waals surface area contributed by atoms with Crippen molar-refractivity contribution in [3.05, 3.63) is 41.5 Å². The summed E-state index contributed by atoms with van der Waals surface area (Å²) in [6.45, 7) is 5.44. The van der Waals surface area contributed by atoms with Crippen molar-refractivity contribution in [2.24, 2.45) is 5.92 Å².